The molecule has 10 heteroatoms. The summed E-state index contributed by atoms with van der Waals surface area (Å²) in [5.74, 6) is -0.506. The molecular formula is C26H27ClFNO5S2. The molecule has 1 N–H and O–H groups in total. The summed E-state index contributed by atoms with van der Waals surface area (Å²) < 4.78 is 46.8. The zero-order valence-electron chi connectivity index (χ0n) is 19.9. The molecule has 3 rings (SSSR count). The monoisotopic (exact) mass is 551 g/mol. The zero-order valence-corrected chi connectivity index (χ0v) is 22.3. The number of sulfonamides is 1. The number of rotatable bonds is 12. The minimum absolute atomic E-state index is 0.00781. The van der Waals surface area contributed by atoms with Gasteiger partial charge in [-0.1, -0.05) is 36.7 Å². The fourth-order valence-electron chi connectivity index (χ4n) is 3.52. The highest BCUT2D eigenvalue weighted by Crippen LogP contribution is 2.28. The van der Waals surface area contributed by atoms with Crippen LogP contribution >= 0.6 is 23.4 Å². The number of ether oxygens (including phenoxy) is 1. The number of benzene rings is 3. The Hall–Kier alpha value is -2.59. The SMILES string of the molecule is CCCN(CCSc1ccc(OCC(=O)O)c(C)c1)S(=O)(=O)c1ccc(-c2ccc(F)c(Cl)c2)cc1. The Kier molecular flexibility index (Phi) is 9.78. The van der Waals surface area contributed by atoms with Crippen LogP contribution in [0.5, 0.6) is 5.75 Å². The topological polar surface area (TPSA) is 83.9 Å². The van der Waals surface area contributed by atoms with Gasteiger partial charge in [-0.2, -0.15) is 4.31 Å². The van der Waals surface area contributed by atoms with Gasteiger partial charge in [-0.05, 0) is 72.5 Å². The van der Waals surface area contributed by atoms with Crippen molar-refractivity contribution in [3.63, 3.8) is 0 Å². The van der Waals surface area contributed by atoms with Crippen LogP contribution in [0.3, 0.4) is 0 Å². The molecule has 0 heterocycles. The molecule has 0 radical (unpaired) electrons. The van der Waals surface area contributed by atoms with Crippen LogP contribution in [0.4, 0.5) is 4.39 Å². The van der Waals surface area contributed by atoms with E-state index in [2.05, 4.69) is 0 Å². The maximum Gasteiger partial charge on any atom is 0.341 e. The fourth-order valence-corrected chi connectivity index (χ4v) is 6.32. The lowest BCUT2D eigenvalue weighted by Crippen LogP contribution is -2.33. The first-order chi connectivity index (χ1) is 17.1. The number of nitrogens with zero attached hydrogens (tertiary/aromatic N) is 1. The van der Waals surface area contributed by atoms with E-state index in [1.54, 1.807) is 36.4 Å². The van der Waals surface area contributed by atoms with Gasteiger partial charge in [-0.25, -0.2) is 17.6 Å². The molecule has 0 aliphatic rings. The molecule has 0 amide bonds. The van der Waals surface area contributed by atoms with Crippen molar-refractivity contribution in [3.05, 3.63) is 77.1 Å². The average molecular weight is 552 g/mol. The third-order valence-electron chi connectivity index (χ3n) is 5.32. The lowest BCUT2D eigenvalue weighted by Gasteiger charge is -2.22. The summed E-state index contributed by atoms with van der Waals surface area (Å²) in [6.07, 6.45) is 0.671. The first-order valence-electron chi connectivity index (χ1n) is 11.3. The van der Waals surface area contributed by atoms with Gasteiger partial charge < -0.3 is 9.84 Å². The van der Waals surface area contributed by atoms with Crippen molar-refractivity contribution in [1.82, 2.24) is 4.31 Å². The van der Waals surface area contributed by atoms with E-state index in [-0.39, 0.29) is 9.92 Å². The Morgan fingerprint density at radius 2 is 1.75 bits per heavy atom. The van der Waals surface area contributed by atoms with E-state index in [4.69, 9.17) is 21.4 Å². The van der Waals surface area contributed by atoms with Crippen LogP contribution in [0.2, 0.25) is 5.02 Å². The van der Waals surface area contributed by atoms with E-state index in [0.29, 0.717) is 36.6 Å². The van der Waals surface area contributed by atoms with Gasteiger partial charge in [0.1, 0.15) is 11.6 Å². The molecule has 3 aromatic rings. The van der Waals surface area contributed by atoms with Crippen molar-refractivity contribution < 1.29 is 27.4 Å². The van der Waals surface area contributed by atoms with Crippen molar-refractivity contribution in [1.29, 1.82) is 0 Å². The molecule has 0 fully saturated rings. The fraction of sp³-hybridized carbons (Fsp3) is 0.269. The summed E-state index contributed by atoms with van der Waals surface area (Å²) in [5.41, 5.74) is 2.24. The Morgan fingerprint density at radius 3 is 2.36 bits per heavy atom. The van der Waals surface area contributed by atoms with E-state index in [1.165, 1.54) is 28.2 Å². The highest BCUT2D eigenvalue weighted by atomic mass is 35.5. The van der Waals surface area contributed by atoms with Gasteiger partial charge in [0.05, 0.1) is 9.92 Å². The standard InChI is InChI=1S/C26H27ClFNO5S2/c1-3-12-29(13-14-35-21-7-11-25(18(2)15-21)34-17-26(30)31)36(32,33)22-8-4-19(5-9-22)20-6-10-24(28)23(27)16-20/h4-11,15-16H,3,12-14,17H2,1-2H3,(H,30,31). The predicted octanol–water partition coefficient (Wildman–Crippen LogP) is 6.11. The molecule has 0 saturated heterocycles. The minimum atomic E-state index is -3.70. The van der Waals surface area contributed by atoms with Crippen LogP contribution in [0.1, 0.15) is 18.9 Å². The lowest BCUT2D eigenvalue weighted by molar-refractivity contribution is -0.139. The molecule has 0 bridgehead atoms. The van der Waals surface area contributed by atoms with Crippen LogP contribution in [0.15, 0.2) is 70.5 Å². The largest absolute Gasteiger partial charge is 0.482 e. The summed E-state index contributed by atoms with van der Waals surface area (Å²) in [6.45, 7) is 4.07. The lowest BCUT2D eigenvalue weighted by atomic mass is 10.1. The zero-order chi connectivity index (χ0) is 26.3. The summed E-state index contributed by atoms with van der Waals surface area (Å²) in [6, 6.07) is 16.3. The van der Waals surface area contributed by atoms with Crippen LogP contribution in [-0.2, 0) is 14.8 Å². The van der Waals surface area contributed by atoms with E-state index in [1.807, 2.05) is 26.0 Å². The molecule has 0 aromatic heterocycles. The van der Waals surface area contributed by atoms with Gasteiger partial charge >= 0.3 is 5.97 Å². The smallest absolute Gasteiger partial charge is 0.341 e. The normalized spacial score (nSPS) is 11.6. The summed E-state index contributed by atoms with van der Waals surface area (Å²) >= 11 is 7.39. The number of thioether (sulfide) groups is 1. The van der Waals surface area contributed by atoms with Crippen LogP contribution < -0.4 is 4.74 Å². The van der Waals surface area contributed by atoms with Crippen molar-refractivity contribution in [2.24, 2.45) is 0 Å². The molecule has 6 nitrogen and oxygen atoms in total. The molecule has 0 spiro atoms. The van der Waals surface area contributed by atoms with Gasteiger partial charge in [0.25, 0.3) is 0 Å². The van der Waals surface area contributed by atoms with Crippen molar-refractivity contribution in [3.8, 4) is 16.9 Å². The van der Waals surface area contributed by atoms with E-state index in [9.17, 15) is 17.6 Å². The summed E-state index contributed by atoms with van der Waals surface area (Å²) in [5, 5.41) is 8.77. The highest BCUT2D eigenvalue weighted by molar-refractivity contribution is 7.99. The summed E-state index contributed by atoms with van der Waals surface area (Å²) in [7, 11) is -3.70. The van der Waals surface area contributed by atoms with Crippen molar-refractivity contribution in [2.45, 2.75) is 30.1 Å². The number of carboxylic acid groups (broad SMARTS) is 1. The number of hydrogen-bond acceptors (Lipinski definition) is 5. The predicted molar refractivity (Wildman–Crippen MR) is 141 cm³/mol. The number of aryl methyl sites for hydroxylation is 1. The number of halogens is 2. The van der Waals surface area contributed by atoms with E-state index in [0.717, 1.165) is 16.0 Å². The van der Waals surface area contributed by atoms with Gasteiger partial charge in [0.15, 0.2) is 6.61 Å². The second-order valence-corrected chi connectivity index (χ2v) is 11.5. The Morgan fingerprint density at radius 1 is 1.06 bits per heavy atom. The third kappa shape index (κ3) is 7.22. The van der Waals surface area contributed by atoms with Gasteiger partial charge in [-0.3, -0.25) is 0 Å². The van der Waals surface area contributed by atoms with Crippen LogP contribution in [0.25, 0.3) is 11.1 Å². The van der Waals surface area contributed by atoms with Gasteiger partial charge in [0.2, 0.25) is 10.0 Å². The second kappa shape index (κ2) is 12.6. The maximum absolute atomic E-state index is 13.5. The molecule has 36 heavy (non-hydrogen) atoms. The number of carbonyl (C=O) groups is 1. The quantitative estimate of drug-likeness (QED) is 0.273. The Balaban J connectivity index is 1.67. The number of carboxylic acids is 1. The molecule has 0 unspecified atom stereocenters. The molecule has 0 aliphatic carbocycles. The van der Waals surface area contributed by atoms with Gasteiger partial charge in [-0.15, -0.1) is 11.8 Å². The molecule has 0 aliphatic heterocycles. The first kappa shape index (κ1) is 28.0. The molecule has 0 saturated carbocycles. The maximum atomic E-state index is 13.5. The van der Waals surface area contributed by atoms with Crippen LogP contribution in [-0.4, -0.2) is 49.2 Å². The van der Waals surface area contributed by atoms with E-state index < -0.39 is 28.4 Å². The Bertz CT molecular complexity index is 1320. The first-order valence-corrected chi connectivity index (χ1v) is 14.1. The van der Waals surface area contributed by atoms with E-state index >= 15 is 0 Å². The molecule has 3 aromatic carbocycles. The molecular weight excluding hydrogens is 525 g/mol. The molecule has 192 valence electrons. The minimum Gasteiger partial charge on any atom is -0.482 e. The number of aliphatic carboxylic acids is 1. The average Bonchev–Trinajstić information content (AvgIpc) is 2.84. The highest BCUT2D eigenvalue weighted by Gasteiger charge is 2.23. The summed E-state index contributed by atoms with van der Waals surface area (Å²) in [4.78, 5) is 11.8. The third-order valence-corrected chi connectivity index (χ3v) is 8.50. The number of hydrogen-bond donors (Lipinski definition) is 1. The van der Waals surface area contributed by atoms with Crippen LogP contribution in [0, 0.1) is 12.7 Å². The van der Waals surface area contributed by atoms with Gasteiger partial charge in [0, 0.05) is 23.7 Å². The second-order valence-electron chi connectivity index (χ2n) is 8.02. The Labute approximate surface area is 220 Å². The van der Waals surface area contributed by atoms with Crippen molar-refractivity contribution in [2.75, 3.05) is 25.4 Å². The molecule has 0 atom stereocenters. The van der Waals surface area contributed by atoms with Crippen molar-refractivity contribution >= 4 is 39.4 Å².